The quantitative estimate of drug-likeness (QED) is 0.512. The van der Waals surface area contributed by atoms with Gasteiger partial charge in [-0.25, -0.2) is 4.39 Å². The molecular formula is C13H16FN3O3. The molecule has 1 aliphatic heterocycles. The number of rotatable bonds is 2. The first kappa shape index (κ1) is 14.2. The molecule has 0 bridgehead atoms. The molecule has 2 rings (SSSR count). The van der Waals surface area contributed by atoms with Gasteiger partial charge >= 0.3 is 0 Å². The Morgan fingerprint density at radius 2 is 2.15 bits per heavy atom. The van der Waals surface area contributed by atoms with Crippen LogP contribution < -0.4 is 5.73 Å². The van der Waals surface area contributed by atoms with E-state index in [1.807, 2.05) is 13.8 Å². The number of carbonyl (C=O) groups excluding carboxylic acids is 1. The number of anilines is 1. The van der Waals surface area contributed by atoms with Crippen molar-refractivity contribution in [1.82, 2.24) is 4.90 Å². The molecule has 1 heterocycles. The van der Waals surface area contributed by atoms with E-state index in [9.17, 15) is 19.3 Å². The molecule has 0 aliphatic carbocycles. The second-order valence-electron chi connectivity index (χ2n) is 5.52. The van der Waals surface area contributed by atoms with Gasteiger partial charge in [0.25, 0.3) is 11.6 Å². The van der Waals surface area contributed by atoms with Gasteiger partial charge in [-0.1, -0.05) is 0 Å². The number of amides is 1. The topological polar surface area (TPSA) is 89.5 Å². The predicted molar refractivity (Wildman–Crippen MR) is 71.8 cm³/mol. The van der Waals surface area contributed by atoms with E-state index in [0.717, 1.165) is 18.9 Å². The zero-order chi connectivity index (χ0) is 15.1. The van der Waals surface area contributed by atoms with Crippen molar-refractivity contribution in [3.63, 3.8) is 0 Å². The number of benzene rings is 1. The number of carbonyl (C=O) groups is 1. The normalized spacial score (nSPS) is 17.2. The van der Waals surface area contributed by atoms with Gasteiger partial charge in [-0.3, -0.25) is 14.9 Å². The lowest BCUT2D eigenvalue weighted by Crippen LogP contribution is -2.42. The lowest BCUT2D eigenvalue weighted by molar-refractivity contribution is -0.385. The predicted octanol–water partition coefficient (Wildman–Crippen LogP) is 2.33. The second-order valence-corrected chi connectivity index (χ2v) is 5.52. The molecule has 1 aromatic rings. The average Bonchev–Trinajstić information content (AvgIpc) is 2.70. The number of likely N-dealkylation sites (tertiary alicyclic amines) is 1. The minimum atomic E-state index is -0.895. The largest absolute Gasteiger partial charge is 0.396 e. The van der Waals surface area contributed by atoms with Crippen LogP contribution in [-0.2, 0) is 0 Å². The molecular weight excluding hydrogens is 265 g/mol. The van der Waals surface area contributed by atoms with Gasteiger partial charge in [-0.15, -0.1) is 0 Å². The van der Waals surface area contributed by atoms with Gasteiger partial charge in [0.15, 0.2) is 5.82 Å². The lowest BCUT2D eigenvalue weighted by atomic mass is 10.0. The zero-order valence-corrected chi connectivity index (χ0v) is 11.4. The van der Waals surface area contributed by atoms with E-state index in [1.165, 1.54) is 0 Å². The molecule has 1 aromatic carbocycles. The number of hydrogen-bond acceptors (Lipinski definition) is 4. The average molecular weight is 281 g/mol. The minimum Gasteiger partial charge on any atom is -0.396 e. The molecule has 7 heteroatoms. The van der Waals surface area contributed by atoms with Crippen LogP contribution in [0.2, 0.25) is 0 Å². The van der Waals surface area contributed by atoms with E-state index < -0.39 is 22.3 Å². The summed E-state index contributed by atoms with van der Waals surface area (Å²) in [6.45, 7) is 4.33. The van der Waals surface area contributed by atoms with Gasteiger partial charge in [0.1, 0.15) is 5.56 Å². The number of hydrogen-bond donors (Lipinski definition) is 1. The number of halogens is 1. The highest BCUT2D eigenvalue weighted by atomic mass is 19.1. The summed E-state index contributed by atoms with van der Waals surface area (Å²) < 4.78 is 13.4. The van der Waals surface area contributed by atoms with E-state index >= 15 is 0 Å². The molecule has 1 aliphatic rings. The SMILES string of the molecule is CC1(C)CCCN1C(=O)c1cc(N)c(F)cc1[N+](=O)[O-]. The van der Waals surface area contributed by atoms with Gasteiger partial charge in [0, 0.05) is 12.1 Å². The molecule has 1 amide bonds. The van der Waals surface area contributed by atoms with Gasteiger partial charge in [0.05, 0.1) is 16.7 Å². The maximum Gasteiger partial charge on any atom is 0.285 e. The smallest absolute Gasteiger partial charge is 0.285 e. The maximum atomic E-state index is 13.4. The van der Waals surface area contributed by atoms with Gasteiger partial charge in [-0.05, 0) is 32.8 Å². The first-order valence-electron chi connectivity index (χ1n) is 6.29. The van der Waals surface area contributed by atoms with Crippen LogP contribution in [0.25, 0.3) is 0 Å². The first-order valence-corrected chi connectivity index (χ1v) is 6.29. The highest BCUT2D eigenvalue weighted by Gasteiger charge is 2.38. The number of nitrogens with two attached hydrogens (primary N) is 1. The third kappa shape index (κ3) is 2.31. The van der Waals surface area contributed by atoms with Crippen LogP contribution >= 0.6 is 0 Å². The molecule has 1 fully saturated rings. The van der Waals surface area contributed by atoms with E-state index in [4.69, 9.17) is 5.73 Å². The fourth-order valence-electron chi connectivity index (χ4n) is 2.53. The number of nitro benzene ring substituents is 1. The van der Waals surface area contributed by atoms with Crippen molar-refractivity contribution in [2.24, 2.45) is 0 Å². The highest BCUT2D eigenvalue weighted by molar-refractivity contribution is 5.99. The third-order valence-electron chi connectivity index (χ3n) is 3.69. The van der Waals surface area contributed by atoms with Crippen molar-refractivity contribution in [3.05, 3.63) is 33.6 Å². The van der Waals surface area contributed by atoms with Crippen molar-refractivity contribution in [3.8, 4) is 0 Å². The van der Waals surface area contributed by atoms with Crippen LogP contribution in [0.1, 0.15) is 37.0 Å². The van der Waals surface area contributed by atoms with Crippen LogP contribution in [0.15, 0.2) is 12.1 Å². The van der Waals surface area contributed by atoms with Crippen LogP contribution in [0.4, 0.5) is 15.8 Å². The van der Waals surface area contributed by atoms with Gasteiger partial charge in [0.2, 0.25) is 0 Å². The van der Waals surface area contributed by atoms with E-state index in [0.29, 0.717) is 12.6 Å². The van der Waals surface area contributed by atoms with Crippen LogP contribution in [0.3, 0.4) is 0 Å². The summed E-state index contributed by atoms with van der Waals surface area (Å²) in [5, 5.41) is 11.0. The van der Waals surface area contributed by atoms with E-state index in [1.54, 1.807) is 4.90 Å². The molecule has 6 nitrogen and oxygen atoms in total. The summed E-state index contributed by atoms with van der Waals surface area (Å²) in [6.07, 6.45) is 1.66. The molecule has 0 atom stereocenters. The number of nitrogens with zero attached hydrogens (tertiary/aromatic N) is 2. The fourth-order valence-corrected chi connectivity index (χ4v) is 2.53. The Morgan fingerprint density at radius 1 is 1.50 bits per heavy atom. The van der Waals surface area contributed by atoms with Crippen molar-refractivity contribution < 1.29 is 14.1 Å². The standard InChI is InChI=1S/C13H16FN3O3/c1-13(2)4-3-5-16(13)12(18)8-6-10(15)9(14)7-11(8)17(19)20/h6-7H,3-5,15H2,1-2H3. The molecule has 0 saturated carbocycles. The Morgan fingerprint density at radius 3 is 2.65 bits per heavy atom. The van der Waals surface area contributed by atoms with Crippen molar-refractivity contribution >= 4 is 17.3 Å². The summed E-state index contributed by atoms with van der Waals surface area (Å²) in [4.78, 5) is 24.3. The molecule has 0 radical (unpaired) electrons. The van der Waals surface area contributed by atoms with Crippen LogP contribution in [-0.4, -0.2) is 27.8 Å². The number of nitrogen functional groups attached to an aromatic ring is 1. The summed E-state index contributed by atoms with van der Waals surface area (Å²) >= 11 is 0. The van der Waals surface area contributed by atoms with Crippen molar-refractivity contribution in [2.45, 2.75) is 32.2 Å². The Kier molecular flexibility index (Phi) is 3.37. The third-order valence-corrected chi connectivity index (χ3v) is 3.69. The summed E-state index contributed by atoms with van der Waals surface area (Å²) in [5.41, 5.74) is 4.08. The number of nitro groups is 1. The van der Waals surface area contributed by atoms with Gasteiger partial charge < -0.3 is 10.6 Å². The Hall–Kier alpha value is -2.18. The van der Waals surface area contributed by atoms with Crippen LogP contribution in [0, 0.1) is 15.9 Å². The fraction of sp³-hybridized carbons (Fsp3) is 0.462. The van der Waals surface area contributed by atoms with E-state index in [2.05, 4.69) is 0 Å². The molecule has 0 unspecified atom stereocenters. The molecule has 0 aromatic heterocycles. The molecule has 0 spiro atoms. The molecule has 20 heavy (non-hydrogen) atoms. The Labute approximate surface area is 115 Å². The Balaban J connectivity index is 2.49. The lowest BCUT2D eigenvalue weighted by Gasteiger charge is -2.31. The van der Waals surface area contributed by atoms with Crippen molar-refractivity contribution in [1.29, 1.82) is 0 Å². The maximum absolute atomic E-state index is 13.4. The second kappa shape index (κ2) is 4.73. The summed E-state index contributed by atoms with van der Waals surface area (Å²) in [5.74, 6) is -1.38. The van der Waals surface area contributed by atoms with E-state index in [-0.39, 0.29) is 16.8 Å². The highest BCUT2D eigenvalue weighted by Crippen LogP contribution is 2.33. The van der Waals surface area contributed by atoms with Crippen molar-refractivity contribution in [2.75, 3.05) is 12.3 Å². The molecule has 1 saturated heterocycles. The zero-order valence-electron chi connectivity index (χ0n) is 11.4. The molecule has 108 valence electrons. The first-order chi connectivity index (χ1) is 9.24. The minimum absolute atomic E-state index is 0.163. The van der Waals surface area contributed by atoms with Gasteiger partial charge in [-0.2, -0.15) is 0 Å². The Bertz CT molecular complexity index is 586. The monoisotopic (exact) mass is 281 g/mol. The molecule has 2 N–H and O–H groups in total. The van der Waals surface area contributed by atoms with Crippen LogP contribution in [0.5, 0.6) is 0 Å². The summed E-state index contributed by atoms with van der Waals surface area (Å²) in [7, 11) is 0. The summed E-state index contributed by atoms with van der Waals surface area (Å²) in [6, 6.07) is 1.75.